The molecule has 1 N–H and O–H groups in total. The lowest BCUT2D eigenvalue weighted by Crippen LogP contribution is -2.48. The number of hydrogen-bond donors (Lipinski definition) is 1. The Morgan fingerprint density at radius 1 is 1.23 bits per heavy atom. The number of piperidine rings is 1. The summed E-state index contributed by atoms with van der Waals surface area (Å²) in [4.78, 5) is 25.9. The highest BCUT2D eigenvalue weighted by Crippen LogP contribution is 2.19. The van der Waals surface area contributed by atoms with Crippen molar-refractivity contribution in [2.45, 2.75) is 45.6 Å². The number of nitrogens with zero attached hydrogens (tertiary/aromatic N) is 1. The van der Waals surface area contributed by atoms with Gasteiger partial charge in [0.05, 0.1) is 19.6 Å². The Hall–Kier alpha value is -2.24. The summed E-state index contributed by atoms with van der Waals surface area (Å²) in [5.74, 6) is 0.633. The number of amides is 2. The van der Waals surface area contributed by atoms with Crippen molar-refractivity contribution >= 4 is 12.0 Å². The molecule has 2 amide bonds. The molecule has 1 aromatic rings. The molecule has 1 heterocycles. The van der Waals surface area contributed by atoms with Crippen LogP contribution in [-0.2, 0) is 16.0 Å². The highest BCUT2D eigenvalue weighted by Gasteiger charge is 2.28. The van der Waals surface area contributed by atoms with E-state index in [4.69, 9.17) is 9.47 Å². The van der Waals surface area contributed by atoms with Gasteiger partial charge in [0.2, 0.25) is 0 Å². The van der Waals surface area contributed by atoms with Crippen LogP contribution in [0.2, 0.25) is 0 Å². The molecule has 6 heteroatoms. The molecule has 0 aliphatic carbocycles. The highest BCUT2D eigenvalue weighted by atomic mass is 16.5. The van der Waals surface area contributed by atoms with Crippen LogP contribution in [0.4, 0.5) is 4.79 Å². The highest BCUT2D eigenvalue weighted by molar-refractivity contribution is 5.76. The van der Waals surface area contributed by atoms with E-state index in [1.54, 1.807) is 12.0 Å². The Labute approximate surface area is 155 Å². The fourth-order valence-electron chi connectivity index (χ4n) is 3.13. The average molecular weight is 362 g/mol. The molecule has 1 atom stereocenters. The monoisotopic (exact) mass is 362 g/mol. The SMILES string of the molecule is CCOC(=O)C1CCN(C(=O)NC(C)CCc2ccc(OC)cc2)CC1. The van der Waals surface area contributed by atoms with Gasteiger partial charge < -0.3 is 19.7 Å². The number of carbonyl (C=O) groups is 2. The number of methoxy groups -OCH3 is 1. The van der Waals surface area contributed by atoms with E-state index < -0.39 is 0 Å². The Kier molecular flexibility index (Phi) is 7.75. The summed E-state index contributed by atoms with van der Waals surface area (Å²) >= 11 is 0. The molecule has 1 aliphatic heterocycles. The van der Waals surface area contributed by atoms with Crippen LogP contribution >= 0.6 is 0 Å². The number of benzene rings is 1. The van der Waals surface area contributed by atoms with Crippen molar-refractivity contribution in [1.29, 1.82) is 0 Å². The predicted octanol–water partition coefficient (Wildman–Crippen LogP) is 3.00. The molecule has 144 valence electrons. The van der Waals surface area contributed by atoms with E-state index in [-0.39, 0.29) is 24.0 Å². The molecule has 0 bridgehead atoms. The van der Waals surface area contributed by atoms with E-state index in [9.17, 15) is 9.59 Å². The fraction of sp³-hybridized carbons (Fsp3) is 0.600. The number of carbonyl (C=O) groups excluding carboxylic acids is 2. The normalized spacial score (nSPS) is 16.0. The topological polar surface area (TPSA) is 67.9 Å². The zero-order chi connectivity index (χ0) is 18.9. The first-order valence-electron chi connectivity index (χ1n) is 9.38. The average Bonchev–Trinajstić information content (AvgIpc) is 2.67. The van der Waals surface area contributed by atoms with Gasteiger partial charge in [0.25, 0.3) is 0 Å². The second-order valence-corrected chi connectivity index (χ2v) is 6.75. The van der Waals surface area contributed by atoms with Crippen LogP contribution in [0.15, 0.2) is 24.3 Å². The molecule has 0 radical (unpaired) electrons. The summed E-state index contributed by atoms with van der Waals surface area (Å²) in [6.45, 7) is 5.44. The lowest BCUT2D eigenvalue weighted by atomic mass is 9.97. The summed E-state index contributed by atoms with van der Waals surface area (Å²) in [5, 5.41) is 3.06. The molecule has 0 spiro atoms. The van der Waals surface area contributed by atoms with Gasteiger partial charge >= 0.3 is 12.0 Å². The van der Waals surface area contributed by atoms with Gasteiger partial charge in [-0.05, 0) is 57.2 Å². The zero-order valence-electron chi connectivity index (χ0n) is 16.0. The van der Waals surface area contributed by atoms with Gasteiger partial charge in [0, 0.05) is 19.1 Å². The summed E-state index contributed by atoms with van der Waals surface area (Å²) in [6.07, 6.45) is 3.12. The summed E-state index contributed by atoms with van der Waals surface area (Å²) in [5.41, 5.74) is 1.22. The third kappa shape index (κ3) is 5.93. The van der Waals surface area contributed by atoms with Crippen LogP contribution in [0, 0.1) is 5.92 Å². The third-order valence-corrected chi connectivity index (χ3v) is 4.80. The van der Waals surface area contributed by atoms with Gasteiger partial charge in [-0.15, -0.1) is 0 Å². The largest absolute Gasteiger partial charge is 0.497 e. The number of urea groups is 1. The van der Waals surface area contributed by atoms with Crippen molar-refractivity contribution in [2.24, 2.45) is 5.92 Å². The van der Waals surface area contributed by atoms with Crippen LogP contribution in [0.25, 0.3) is 0 Å². The minimum Gasteiger partial charge on any atom is -0.497 e. The Bertz CT molecular complexity index is 580. The van der Waals surface area contributed by atoms with Crippen molar-refractivity contribution in [3.8, 4) is 5.75 Å². The van der Waals surface area contributed by atoms with Crippen LogP contribution < -0.4 is 10.1 Å². The van der Waals surface area contributed by atoms with Crippen LogP contribution in [0.1, 0.15) is 38.7 Å². The molecule has 1 saturated heterocycles. The number of ether oxygens (including phenoxy) is 2. The van der Waals surface area contributed by atoms with Gasteiger partial charge in [-0.3, -0.25) is 4.79 Å². The van der Waals surface area contributed by atoms with Gasteiger partial charge in [0.15, 0.2) is 0 Å². The fourth-order valence-corrected chi connectivity index (χ4v) is 3.13. The quantitative estimate of drug-likeness (QED) is 0.757. The Morgan fingerprint density at radius 2 is 1.88 bits per heavy atom. The van der Waals surface area contributed by atoms with Crippen LogP contribution in [0.5, 0.6) is 5.75 Å². The van der Waals surface area contributed by atoms with E-state index in [0.29, 0.717) is 32.5 Å². The molecular formula is C20H30N2O4. The number of esters is 1. The molecule has 26 heavy (non-hydrogen) atoms. The summed E-state index contributed by atoms with van der Waals surface area (Å²) < 4.78 is 10.2. The van der Waals surface area contributed by atoms with E-state index in [1.807, 2.05) is 38.1 Å². The molecule has 2 rings (SSSR count). The second kappa shape index (κ2) is 10.0. The van der Waals surface area contributed by atoms with Gasteiger partial charge in [0.1, 0.15) is 5.75 Å². The van der Waals surface area contributed by atoms with Crippen molar-refractivity contribution < 1.29 is 19.1 Å². The first kappa shape index (κ1) is 20.1. The predicted molar refractivity (Wildman–Crippen MR) is 100 cm³/mol. The van der Waals surface area contributed by atoms with Crippen molar-refractivity contribution in [2.75, 3.05) is 26.8 Å². The van der Waals surface area contributed by atoms with E-state index >= 15 is 0 Å². The van der Waals surface area contributed by atoms with Crippen LogP contribution in [-0.4, -0.2) is 49.7 Å². The lowest BCUT2D eigenvalue weighted by Gasteiger charge is -2.31. The van der Waals surface area contributed by atoms with Gasteiger partial charge in [-0.25, -0.2) is 4.79 Å². The number of hydrogen-bond acceptors (Lipinski definition) is 4. The zero-order valence-corrected chi connectivity index (χ0v) is 16.0. The minimum atomic E-state index is -0.139. The number of likely N-dealkylation sites (tertiary alicyclic amines) is 1. The molecule has 6 nitrogen and oxygen atoms in total. The molecule has 1 aliphatic rings. The molecule has 0 saturated carbocycles. The third-order valence-electron chi connectivity index (χ3n) is 4.80. The Balaban J connectivity index is 1.71. The molecule has 0 aromatic heterocycles. The maximum absolute atomic E-state index is 12.4. The van der Waals surface area contributed by atoms with E-state index in [1.165, 1.54) is 5.56 Å². The first-order chi connectivity index (χ1) is 12.5. The van der Waals surface area contributed by atoms with E-state index in [2.05, 4.69) is 5.32 Å². The smallest absolute Gasteiger partial charge is 0.317 e. The Morgan fingerprint density at radius 3 is 2.46 bits per heavy atom. The maximum atomic E-state index is 12.4. The van der Waals surface area contributed by atoms with Gasteiger partial charge in [-0.2, -0.15) is 0 Å². The summed E-state index contributed by atoms with van der Waals surface area (Å²) in [7, 11) is 1.65. The van der Waals surface area contributed by atoms with Crippen molar-refractivity contribution in [1.82, 2.24) is 10.2 Å². The number of rotatable bonds is 7. The molecule has 1 aromatic carbocycles. The first-order valence-corrected chi connectivity index (χ1v) is 9.38. The lowest BCUT2D eigenvalue weighted by molar-refractivity contribution is -0.149. The number of nitrogens with one attached hydrogen (secondary N) is 1. The standard InChI is InChI=1S/C20H30N2O4/c1-4-26-19(23)17-11-13-22(14-12-17)20(24)21-15(2)5-6-16-7-9-18(25-3)10-8-16/h7-10,15,17H,4-6,11-14H2,1-3H3,(H,21,24). The second-order valence-electron chi connectivity index (χ2n) is 6.75. The van der Waals surface area contributed by atoms with Crippen molar-refractivity contribution in [3.63, 3.8) is 0 Å². The van der Waals surface area contributed by atoms with Gasteiger partial charge in [-0.1, -0.05) is 12.1 Å². The minimum absolute atomic E-state index is 0.0467. The maximum Gasteiger partial charge on any atom is 0.317 e. The van der Waals surface area contributed by atoms with Crippen molar-refractivity contribution in [3.05, 3.63) is 29.8 Å². The van der Waals surface area contributed by atoms with E-state index in [0.717, 1.165) is 18.6 Å². The number of aryl methyl sites for hydroxylation is 1. The molecular weight excluding hydrogens is 332 g/mol. The molecule has 1 unspecified atom stereocenters. The summed E-state index contributed by atoms with van der Waals surface area (Å²) in [6, 6.07) is 8.04. The van der Waals surface area contributed by atoms with Crippen LogP contribution in [0.3, 0.4) is 0 Å². The molecule has 1 fully saturated rings.